The third-order valence-corrected chi connectivity index (χ3v) is 2.73. The second kappa shape index (κ2) is 6.00. The van der Waals surface area contributed by atoms with E-state index in [9.17, 15) is 13.6 Å². The molecule has 0 saturated heterocycles. The fourth-order valence-electron chi connectivity index (χ4n) is 1.73. The molecular weight excluding hydrogens is 280 g/mol. The van der Waals surface area contributed by atoms with Crippen LogP contribution in [0.1, 0.15) is 15.9 Å². The molecule has 0 unspecified atom stereocenters. The number of carbonyl (C=O) groups is 1. The molecule has 0 atom stereocenters. The van der Waals surface area contributed by atoms with E-state index in [0.717, 1.165) is 18.2 Å². The largest absolute Gasteiger partial charge is 0.409 e. The lowest BCUT2D eigenvalue weighted by molar-refractivity contribution is 0.102. The Morgan fingerprint density at radius 3 is 2.43 bits per heavy atom. The van der Waals surface area contributed by atoms with E-state index in [1.54, 1.807) is 0 Å². The molecular formula is C14H11F2N3O2. The minimum absolute atomic E-state index is 0.0413. The van der Waals surface area contributed by atoms with Gasteiger partial charge in [0.05, 0.1) is 11.3 Å². The van der Waals surface area contributed by atoms with E-state index >= 15 is 0 Å². The number of nitrogens with one attached hydrogen (secondary N) is 1. The molecule has 0 aromatic heterocycles. The first-order valence-electron chi connectivity index (χ1n) is 5.86. The van der Waals surface area contributed by atoms with Crippen molar-refractivity contribution in [2.45, 2.75) is 0 Å². The van der Waals surface area contributed by atoms with Gasteiger partial charge in [-0.15, -0.1) is 0 Å². The van der Waals surface area contributed by atoms with Crippen LogP contribution in [0.2, 0.25) is 0 Å². The summed E-state index contributed by atoms with van der Waals surface area (Å²) in [6, 6.07) is 8.71. The summed E-state index contributed by atoms with van der Waals surface area (Å²) in [5.74, 6) is -2.27. The standard InChI is InChI=1S/C14H11F2N3O2/c15-9-6-4-8(5-7-9)14(20)18-11-3-1-2-10(16)12(11)13(17)19-21/h1-7,21H,(H2,17,19)(H,18,20). The second-order valence-electron chi connectivity index (χ2n) is 4.11. The SMILES string of the molecule is N/C(=N/O)c1c(F)cccc1NC(=O)c1ccc(F)cc1. The van der Waals surface area contributed by atoms with Gasteiger partial charge in [0, 0.05) is 5.56 Å². The van der Waals surface area contributed by atoms with E-state index in [2.05, 4.69) is 10.5 Å². The minimum Gasteiger partial charge on any atom is -0.409 e. The van der Waals surface area contributed by atoms with Crippen LogP contribution in [-0.2, 0) is 0 Å². The molecule has 0 aliphatic carbocycles. The molecule has 0 fully saturated rings. The zero-order valence-corrected chi connectivity index (χ0v) is 10.7. The Morgan fingerprint density at radius 2 is 1.81 bits per heavy atom. The summed E-state index contributed by atoms with van der Waals surface area (Å²) >= 11 is 0. The zero-order chi connectivity index (χ0) is 15.4. The first kappa shape index (κ1) is 14.4. The number of halogens is 2. The molecule has 108 valence electrons. The molecule has 4 N–H and O–H groups in total. The Labute approximate surface area is 118 Å². The van der Waals surface area contributed by atoms with Crippen LogP contribution in [0.25, 0.3) is 0 Å². The van der Waals surface area contributed by atoms with Crippen LogP contribution >= 0.6 is 0 Å². The molecule has 0 spiro atoms. The number of anilines is 1. The van der Waals surface area contributed by atoms with Gasteiger partial charge in [-0.1, -0.05) is 11.2 Å². The molecule has 0 saturated carbocycles. The van der Waals surface area contributed by atoms with Crippen LogP contribution in [0.5, 0.6) is 0 Å². The third kappa shape index (κ3) is 3.14. The summed E-state index contributed by atoms with van der Waals surface area (Å²) < 4.78 is 26.5. The van der Waals surface area contributed by atoms with Crippen LogP contribution in [0.15, 0.2) is 47.6 Å². The number of nitrogens with zero attached hydrogens (tertiary/aromatic N) is 1. The van der Waals surface area contributed by atoms with E-state index in [-0.39, 0.29) is 16.8 Å². The first-order chi connectivity index (χ1) is 10.0. The number of amidine groups is 1. The maximum absolute atomic E-state index is 13.7. The molecule has 0 heterocycles. The summed E-state index contributed by atoms with van der Waals surface area (Å²) in [5, 5.41) is 13.8. The van der Waals surface area contributed by atoms with Gasteiger partial charge in [-0.25, -0.2) is 8.78 Å². The zero-order valence-electron chi connectivity index (χ0n) is 10.7. The number of oxime groups is 1. The highest BCUT2D eigenvalue weighted by Gasteiger charge is 2.15. The van der Waals surface area contributed by atoms with Crippen molar-refractivity contribution in [2.24, 2.45) is 10.9 Å². The number of hydrogen-bond donors (Lipinski definition) is 3. The van der Waals surface area contributed by atoms with E-state index in [0.29, 0.717) is 0 Å². The van der Waals surface area contributed by atoms with Gasteiger partial charge >= 0.3 is 0 Å². The van der Waals surface area contributed by atoms with Crippen LogP contribution < -0.4 is 11.1 Å². The smallest absolute Gasteiger partial charge is 0.255 e. The fraction of sp³-hybridized carbons (Fsp3) is 0. The average Bonchev–Trinajstić information content (AvgIpc) is 2.47. The Bertz CT molecular complexity index is 700. The van der Waals surface area contributed by atoms with Gasteiger partial charge in [-0.3, -0.25) is 4.79 Å². The van der Waals surface area contributed by atoms with Crippen molar-refractivity contribution in [3.8, 4) is 0 Å². The lowest BCUT2D eigenvalue weighted by atomic mass is 10.1. The summed E-state index contributed by atoms with van der Waals surface area (Å²) in [7, 11) is 0. The predicted molar refractivity (Wildman–Crippen MR) is 73.3 cm³/mol. The highest BCUT2D eigenvalue weighted by Crippen LogP contribution is 2.19. The Morgan fingerprint density at radius 1 is 1.14 bits per heavy atom. The maximum Gasteiger partial charge on any atom is 0.255 e. The monoisotopic (exact) mass is 291 g/mol. The summed E-state index contributed by atoms with van der Waals surface area (Å²) in [6.45, 7) is 0. The van der Waals surface area contributed by atoms with Gasteiger partial charge in [-0.05, 0) is 36.4 Å². The van der Waals surface area contributed by atoms with Crippen molar-refractivity contribution >= 4 is 17.4 Å². The average molecular weight is 291 g/mol. The second-order valence-corrected chi connectivity index (χ2v) is 4.11. The maximum atomic E-state index is 13.7. The lowest BCUT2D eigenvalue weighted by Gasteiger charge is -2.11. The number of amides is 1. The van der Waals surface area contributed by atoms with Crippen LogP contribution in [0, 0.1) is 11.6 Å². The van der Waals surface area contributed by atoms with Gasteiger partial charge in [0.2, 0.25) is 0 Å². The molecule has 0 aliphatic heterocycles. The number of carbonyl (C=O) groups excluding carboxylic acids is 1. The molecule has 0 aliphatic rings. The van der Waals surface area contributed by atoms with Crippen molar-refractivity contribution in [2.75, 3.05) is 5.32 Å². The number of hydrogen-bond acceptors (Lipinski definition) is 3. The van der Waals surface area contributed by atoms with Crippen molar-refractivity contribution < 1.29 is 18.8 Å². The fourth-order valence-corrected chi connectivity index (χ4v) is 1.73. The van der Waals surface area contributed by atoms with Crippen LogP contribution in [-0.4, -0.2) is 17.0 Å². The molecule has 5 nitrogen and oxygen atoms in total. The topological polar surface area (TPSA) is 87.7 Å². The van der Waals surface area contributed by atoms with E-state index < -0.39 is 23.4 Å². The molecule has 2 aromatic rings. The third-order valence-electron chi connectivity index (χ3n) is 2.73. The molecule has 0 bridgehead atoms. The first-order valence-corrected chi connectivity index (χ1v) is 5.86. The van der Waals surface area contributed by atoms with Gasteiger partial charge in [-0.2, -0.15) is 0 Å². The van der Waals surface area contributed by atoms with E-state index in [1.807, 2.05) is 0 Å². The van der Waals surface area contributed by atoms with Crippen molar-refractivity contribution in [1.29, 1.82) is 0 Å². The predicted octanol–water partition coefficient (Wildman–Crippen LogP) is 2.31. The van der Waals surface area contributed by atoms with E-state index in [1.165, 1.54) is 24.3 Å². The molecule has 0 radical (unpaired) electrons. The highest BCUT2D eigenvalue weighted by molar-refractivity contribution is 6.09. The van der Waals surface area contributed by atoms with Gasteiger partial charge in [0.1, 0.15) is 11.6 Å². The normalized spacial score (nSPS) is 11.2. The Balaban J connectivity index is 2.33. The van der Waals surface area contributed by atoms with Crippen molar-refractivity contribution in [1.82, 2.24) is 0 Å². The molecule has 2 rings (SSSR count). The Hall–Kier alpha value is -2.96. The van der Waals surface area contributed by atoms with Crippen molar-refractivity contribution in [3.63, 3.8) is 0 Å². The molecule has 1 amide bonds. The Kier molecular flexibility index (Phi) is 4.13. The number of nitrogens with two attached hydrogens (primary N) is 1. The van der Waals surface area contributed by atoms with Crippen LogP contribution in [0.3, 0.4) is 0 Å². The summed E-state index contributed by atoms with van der Waals surface area (Å²) in [5.41, 5.74) is 5.39. The van der Waals surface area contributed by atoms with E-state index in [4.69, 9.17) is 10.9 Å². The lowest BCUT2D eigenvalue weighted by Crippen LogP contribution is -2.20. The summed E-state index contributed by atoms with van der Waals surface area (Å²) in [6.07, 6.45) is 0. The number of benzene rings is 2. The molecule has 21 heavy (non-hydrogen) atoms. The quantitative estimate of drug-likeness (QED) is 0.351. The van der Waals surface area contributed by atoms with Crippen molar-refractivity contribution in [3.05, 3.63) is 65.2 Å². The number of rotatable bonds is 3. The summed E-state index contributed by atoms with van der Waals surface area (Å²) in [4.78, 5) is 12.0. The molecule has 2 aromatic carbocycles. The van der Waals surface area contributed by atoms with Crippen LogP contribution in [0.4, 0.5) is 14.5 Å². The van der Waals surface area contributed by atoms with Gasteiger partial charge in [0.25, 0.3) is 5.91 Å². The molecule has 7 heteroatoms. The van der Waals surface area contributed by atoms with Gasteiger partial charge in [0.15, 0.2) is 5.84 Å². The highest BCUT2D eigenvalue weighted by atomic mass is 19.1. The minimum atomic E-state index is -0.748. The van der Waals surface area contributed by atoms with Gasteiger partial charge < -0.3 is 16.3 Å².